The molecule has 1 aliphatic rings. The topological polar surface area (TPSA) is 95.3 Å². The first-order valence-corrected chi connectivity index (χ1v) is 13.6. The second-order valence-corrected chi connectivity index (χ2v) is 10.7. The van der Waals surface area contributed by atoms with Crippen LogP contribution in [0.25, 0.3) is 0 Å². The Morgan fingerprint density at radius 2 is 2.03 bits per heavy atom. The lowest BCUT2D eigenvalue weighted by atomic mass is 10.0. The Hall–Kier alpha value is -3.11. The highest BCUT2D eigenvalue weighted by Gasteiger charge is 2.28. The first-order chi connectivity index (χ1) is 17.4. The number of thioether (sulfide) groups is 1. The molecule has 1 amide bonds. The quantitative estimate of drug-likeness (QED) is 0.208. The summed E-state index contributed by atoms with van der Waals surface area (Å²) in [7, 11) is 1.36. The van der Waals surface area contributed by atoms with E-state index in [1.165, 1.54) is 35.8 Å². The van der Waals surface area contributed by atoms with E-state index in [0.29, 0.717) is 34.0 Å². The average molecular weight is 527 g/mol. The number of hydrogen-bond acceptors (Lipinski definition) is 8. The van der Waals surface area contributed by atoms with E-state index in [4.69, 9.17) is 9.47 Å². The third kappa shape index (κ3) is 5.82. The smallest absolute Gasteiger partial charge is 0.341 e. The number of hydrogen-bond donors (Lipinski definition) is 1. The molecule has 1 N–H and O–H groups in total. The molecule has 0 saturated carbocycles. The van der Waals surface area contributed by atoms with Crippen LogP contribution in [0.5, 0.6) is 5.75 Å². The predicted molar refractivity (Wildman–Crippen MR) is 142 cm³/mol. The third-order valence-electron chi connectivity index (χ3n) is 5.92. The SMILES string of the molecule is C=CCn1c(COc2ccc(C(C)C)cc2)nnc1SCC(=O)Nc1sc2c(c1C(=O)OC)CCC2. The molecule has 0 saturated heterocycles. The first kappa shape index (κ1) is 26.0. The first-order valence-electron chi connectivity index (χ1n) is 11.8. The molecule has 0 aliphatic heterocycles. The van der Waals surface area contributed by atoms with Gasteiger partial charge in [0.25, 0.3) is 0 Å². The van der Waals surface area contributed by atoms with E-state index >= 15 is 0 Å². The van der Waals surface area contributed by atoms with Gasteiger partial charge in [-0.3, -0.25) is 9.36 Å². The number of aromatic nitrogens is 3. The zero-order valence-corrected chi connectivity index (χ0v) is 22.3. The molecule has 0 radical (unpaired) electrons. The fraction of sp³-hybridized carbons (Fsp3) is 0.385. The molecule has 2 heterocycles. The van der Waals surface area contributed by atoms with Crippen molar-refractivity contribution in [2.45, 2.75) is 57.3 Å². The summed E-state index contributed by atoms with van der Waals surface area (Å²) in [6.45, 7) is 8.86. The second kappa shape index (κ2) is 11.7. The molecular formula is C26H30N4O4S2. The van der Waals surface area contributed by atoms with Crippen molar-refractivity contribution < 1.29 is 19.1 Å². The van der Waals surface area contributed by atoms with E-state index in [1.807, 2.05) is 16.7 Å². The number of nitrogens with one attached hydrogen (secondary N) is 1. The van der Waals surface area contributed by atoms with E-state index < -0.39 is 5.97 Å². The zero-order chi connectivity index (χ0) is 25.7. The molecule has 1 aliphatic carbocycles. The number of nitrogens with zero attached hydrogens (tertiary/aromatic N) is 3. The highest BCUT2D eigenvalue weighted by molar-refractivity contribution is 7.99. The monoisotopic (exact) mass is 526 g/mol. The van der Waals surface area contributed by atoms with Crippen LogP contribution in [0, 0.1) is 0 Å². The molecule has 0 unspecified atom stereocenters. The molecular weight excluding hydrogens is 496 g/mol. The maximum atomic E-state index is 12.8. The van der Waals surface area contributed by atoms with E-state index in [9.17, 15) is 9.59 Å². The number of anilines is 1. The van der Waals surface area contributed by atoms with Crippen LogP contribution in [0.15, 0.2) is 42.1 Å². The Kier molecular flexibility index (Phi) is 8.48. The molecule has 8 nitrogen and oxygen atoms in total. The summed E-state index contributed by atoms with van der Waals surface area (Å²) < 4.78 is 12.8. The van der Waals surface area contributed by atoms with Crippen molar-refractivity contribution in [3.63, 3.8) is 0 Å². The third-order valence-corrected chi connectivity index (χ3v) is 8.09. The van der Waals surface area contributed by atoms with E-state index in [0.717, 1.165) is 35.5 Å². The van der Waals surface area contributed by atoms with Crippen LogP contribution in [0.4, 0.5) is 5.00 Å². The van der Waals surface area contributed by atoms with Gasteiger partial charge in [0.15, 0.2) is 11.0 Å². The molecule has 0 fully saturated rings. The second-order valence-electron chi connectivity index (χ2n) is 8.70. The van der Waals surface area contributed by atoms with Gasteiger partial charge < -0.3 is 14.8 Å². The van der Waals surface area contributed by atoms with Crippen molar-refractivity contribution >= 4 is 40.0 Å². The Bertz CT molecular complexity index is 1250. The van der Waals surface area contributed by atoms with Crippen LogP contribution >= 0.6 is 23.1 Å². The van der Waals surface area contributed by atoms with Gasteiger partial charge in [-0.05, 0) is 48.4 Å². The van der Waals surface area contributed by atoms with Gasteiger partial charge in [0.05, 0.1) is 18.4 Å². The summed E-state index contributed by atoms with van der Waals surface area (Å²) >= 11 is 2.73. The molecule has 10 heteroatoms. The van der Waals surface area contributed by atoms with Gasteiger partial charge >= 0.3 is 5.97 Å². The number of ether oxygens (including phenoxy) is 2. The largest absolute Gasteiger partial charge is 0.486 e. The molecule has 36 heavy (non-hydrogen) atoms. The van der Waals surface area contributed by atoms with Crippen molar-refractivity contribution in [1.29, 1.82) is 0 Å². The van der Waals surface area contributed by atoms with Gasteiger partial charge in [0, 0.05) is 11.4 Å². The number of esters is 1. The number of fused-ring (bicyclic) bond motifs is 1. The maximum absolute atomic E-state index is 12.8. The van der Waals surface area contributed by atoms with Gasteiger partial charge in [0.2, 0.25) is 5.91 Å². The highest BCUT2D eigenvalue weighted by atomic mass is 32.2. The summed E-state index contributed by atoms with van der Waals surface area (Å²) in [6.07, 6.45) is 4.53. The molecule has 0 atom stereocenters. The Morgan fingerprint density at radius 3 is 2.72 bits per heavy atom. The van der Waals surface area contributed by atoms with Gasteiger partial charge in [-0.2, -0.15) is 0 Å². The molecule has 2 aromatic heterocycles. The lowest BCUT2D eigenvalue weighted by molar-refractivity contribution is -0.113. The van der Waals surface area contributed by atoms with Crippen LogP contribution in [0.3, 0.4) is 0 Å². The van der Waals surface area contributed by atoms with Crippen molar-refractivity contribution in [3.8, 4) is 5.75 Å². The summed E-state index contributed by atoms with van der Waals surface area (Å²) in [6, 6.07) is 8.02. The number of allylic oxidation sites excluding steroid dienone is 1. The van der Waals surface area contributed by atoms with E-state index in [2.05, 4.69) is 48.1 Å². The zero-order valence-electron chi connectivity index (χ0n) is 20.7. The lowest BCUT2D eigenvalue weighted by Gasteiger charge is -2.10. The number of carbonyl (C=O) groups excluding carboxylic acids is 2. The van der Waals surface area contributed by atoms with Crippen LogP contribution in [-0.4, -0.2) is 39.5 Å². The average Bonchev–Trinajstić information content (AvgIpc) is 3.56. The number of rotatable bonds is 11. The summed E-state index contributed by atoms with van der Waals surface area (Å²) in [5.41, 5.74) is 2.74. The maximum Gasteiger partial charge on any atom is 0.341 e. The van der Waals surface area contributed by atoms with Crippen molar-refractivity contribution in [1.82, 2.24) is 14.8 Å². The molecule has 0 bridgehead atoms. The van der Waals surface area contributed by atoms with Crippen LogP contribution in [0.2, 0.25) is 0 Å². The fourth-order valence-corrected chi connectivity index (χ4v) is 6.11. The van der Waals surface area contributed by atoms with Gasteiger partial charge in [-0.15, -0.1) is 28.1 Å². The van der Waals surface area contributed by atoms with Crippen molar-refractivity contribution in [2.24, 2.45) is 0 Å². The minimum absolute atomic E-state index is 0.121. The lowest BCUT2D eigenvalue weighted by Crippen LogP contribution is -2.17. The summed E-state index contributed by atoms with van der Waals surface area (Å²) in [4.78, 5) is 26.2. The number of aryl methyl sites for hydroxylation is 1. The van der Waals surface area contributed by atoms with Crippen LogP contribution in [-0.2, 0) is 35.5 Å². The van der Waals surface area contributed by atoms with Crippen LogP contribution in [0.1, 0.15) is 58.4 Å². The van der Waals surface area contributed by atoms with Gasteiger partial charge in [-0.1, -0.05) is 43.8 Å². The van der Waals surface area contributed by atoms with Gasteiger partial charge in [-0.25, -0.2) is 4.79 Å². The molecule has 4 rings (SSSR count). The van der Waals surface area contributed by atoms with Crippen molar-refractivity contribution in [2.75, 3.05) is 18.2 Å². The Balaban J connectivity index is 1.39. The number of methoxy groups -OCH3 is 1. The minimum atomic E-state index is -0.411. The molecule has 190 valence electrons. The number of thiophene rings is 1. The Morgan fingerprint density at radius 1 is 1.25 bits per heavy atom. The summed E-state index contributed by atoms with van der Waals surface area (Å²) in [5, 5.41) is 12.6. The Labute approximate surface area is 219 Å². The van der Waals surface area contributed by atoms with Crippen molar-refractivity contribution in [3.05, 3.63) is 64.3 Å². The highest BCUT2D eigenvalue weighted by Crippen LogP contribution is 2.39. The van der Waals surface area contributed by atoms with Crippen LogP contribution < -0.4 is 10.1 Å². The standard InChI is InChI=1S/C26H30N4O4S2/c1-5-13-30-21(14-34-18-11-9-17(10-12-18)16(2)3)28-29-26(30)35-15-22(31)27-24-23(25(32)33-4)19-7-6-8-20(19)36-24/h5,9-12,16H,1,6-8,13-15H2,2-4H3,(H,27,31). The number of carbonyl (C=O) groups is 2. The predicted octanol–water partition coefficient (Wildman–Crippen LogP) is 5.23. The number of benzene rings is 1. The fourth-order valence-electron chi connectivity index (χ4n) is 4.04. The molecule has 0 spiro atoms. The molecule has 3 aromatic rings. The van der Waals surface area contributed by atoms with Gasteiger partial charge in [0.1, 0.15) is 17.4 Å². The molecule has 1 aromatic carbocycles. The minimum Gasteiger partial charge on any atom is -0.486 e. The normalized spacial score (nSPS) is 12.4. The number of amides is 1. The van der Waals surface area contributed by atoms with E-state index in [1.54, 1.807) is 6.08 Å². The van der Waals surface area contributed by atoms with E-state index in [-0.39, 0.29) is 18.3 Å². The summed E-state index contributed by atoms with van der Waals surface area (Å²) in [5.74, 6) is 1.35.